The van der Waals surface area contributed by atoms with Crippen LogP contribution in [0.5, 0.6) is 0 Å². The molecule has 1 saturated heterocycles. The van der Waals surface area contributed by atoms with E-state index in [1.165, 1.54) is 24.5 Å². The van der Waals surface area contributed by atoms with Crippen molar-refractivity contribution in [1.29, 1.82) is 0 Å². The summed E-state index contributed by atoms with van der Waals surface area (Å²) < 4.78 is 26.9. The highest BCUT2D eigenvalue weighted by atomic mass is 79.9. The summed E-state index contributed by atoms with van der Waals surface area (Å²) in [5.41, 5.74) is 4.29. The Labute approximate surface area is 199 Å². The lowest BCUT2D eigenvalue weighted by atomic mass is 10.1. The molecular formula is C21H23BrClN5O3S. The van der Waals surface area contributed by atoms with Crippen LogP contribution in [0.1, 0.15) is 18.9 Å². The van der Waals surface area contributed by atoms with Gasteiger partial charge in [-0.25, -0.2) is 18.1 Å². The van der Waals surface area contributed by atoms with Crippen LogP contribution in [0.4, 0.5) is 5.69 Å². The highest BCUT2D eigenvalue weighted by molar-refractivity contribution is 9.10. The zero-order valence-electron chi connectivity index (χ0n) is 17.4. The first-order valence-electron chi connectivity index (χ1n) is 10.2. The Bertz CT molecular complexity index is 1320. The van der Waals surface area contributed by atoms with Gasteiger partial charge in [0.2, 0.25) is 0 Å². The van der Waals surface area contributed by atoms with E-state index in [9.17, 15) is 13.2 Å². The quantitative estimate of drug-likeness (QED) is 0.423. The predicted molar refractivity (Wildman–Crippen MR) is 130 cm³/mol. The van der Waals surface area contributed by atoms with Crippen LogP contribution in [0.2, 0.25) is 5.02 Å². The lowest BCUT2D eigenvalue weighted by Gasteiger charge is -2.15. The van der Waals surface area contributed by atoms with Crippen LogP contribution in [0, 0.1) is 0 Å². The molecule has 1 aliphatic rings. The Morgan fingerprint density at radius 1 is 1.31 bits per heavy atom. The highest BCUT2D eigenvalue weighted by Gasteiger charge is 2.19. The summed E-state index contributed by atoms with van der Waals surface area (Å²) in [7, 11) is -3.52. The molecule has 1 aromatic heterocycles. The molecule has 0 bridgehead atoms. The number of anilines is 1. The largest absolute Gasteiger partial charge is 0.315 e. The van der Waals surface area contributed by atoms with Crippen molar-refractivity contribution >= 4 is 54.0 Å². The maximum absolute atomic E-state index is 13.1. The van der Waals surface area contributed by atoms with E-state index >= 15 is 0 Å². The molecule has 8 nitrogen and oxygen atoms in total. The zero-order valence-corrected chi connectivity index (χ0v) is 20.5. The molecule has 1 atom stereocenters. The fourth-order valence-electron chi connectivity index (χ4n) is 3.63. The SMILES string of the molecule is CCS(=O)(=O)c1ccc(Cl)cc1Nn1cnc2cc(CN[C@@H]3CCNC3)c(Br)cc2c1=O. The predicted octanol–water partition coefficient (Wildman–Crippen LogP) is 2.93. The van der Waals surface area contributed by atoms with E-state index in [1.807, 2.05) is 6.07 Å². The molecule has 0 unspecified atom stereocenters. The monoisotopic (exact) mass is 539 g/mol. The molecule has 3 aromatic rings. The van der Waals surface area contributed by atoms with Crippen molar-refractivity contribution in [2.45, 2.75) is 30.8 Å². The number of hydrogen-bond donors (Lipinski definition) is 3. The lowest BCUT2D eigenvalue weighted by molar-refractivity contribution is 0.547. The molecule has 1 fully saturated rings. The van der Waals surface area contributed by atoms with Gasteiger partial charge in [-0.05, 0) is 48.9 Å². The minimum Gasteiger partial charge on any atom is -0.315 e. The number of halogens is 2. The van der Waals surface area contributed by atoms with Crippen LogP contribution >= 0.6 is 27.5 Å². The van der Waals surface area contributed by atoms with E-state index in [-0.39, 0.29) is 21.9 Å². The molecule has 0 aliphatic carbocycles. The Morgan fingerprint density at radius 3 is 2.84 bits per heavy atom. The second kappa shape index (κ2) is 9.48. The van der Waals surface area contributed by atoms with Crippen molar-refractivity contribution in [3.05, 3.63) is 62.1 Å². The number of sulfone groups is 1. The molecule has 4 rings (SSSR count). The summed E-state index contributed by atoms with van der Waals surface area (Å²) in [5, 5.41) is 7.58. The number of rotatable bonds is 7. The molecule has 11 heteroatoms. The number of nitrogens with one attached hydrogen (secondary N) is 3. The minimum absolute atomic E-state index is 0.0698. The van der Waals surface area contributed by atoms with E-state index in [1.54, 1.807) is 13.0 Å². The van der Waals surface area contributed by atoms with Crippen LogP contribution < -0.4 is 21.6 Å². The van der Waals surface area contributed by atoms with Gasteiger partial charge in [-0.3, -0.25) is 10.2 Å². The minimum atomic E-state index is -3.52. The van der Waals surface area contributed by atoms with Gasteiger partial charge in [0.15, 0.2) is 9.84 Å². The summed E-state index contributed by atoms with van der Waals surface area (Å²) in [4.78, 5) is 17.6. The average Bonchev–Trinajstić information content (AvgIpc) is 3.28. The zero-order chi connectivity index (χ0) is 22.9. The van der Waals surface area contributed by atoms with Crippen LogP contribution in [-0.4, -0.2) is 43.0 Å². The van der Waals surface area contributed by atoms with Gasteiger partial charge in [-0.1, -0.05) is 34.5 Å². The van der Waals surface area contributed by atoms with Gasteiger partial charge in [0.1, 0.15) is 6.33 Å². The Hall–Kier alpha value is -1.98. The van der Waals surface area contributed by atoms with Crippen LogP contribution in [0.3, 0.4) is 0 Å². The van der Waals surface area contributed by atoms with Gasteiger partial charge in [0, 0.05) is 28.6 Å². The molecule has 0 radical (unpaired) electrons. The second-order valence-corrected chi connectivity index (χ2v) is 11.1. The molecule has 0 spiro atoms. The second-order valence-electron chi connectivity index (χ2n) is 7.61. The average molecular weight is 541 g/mol. The number of benzene rings is 2. The van der Waals surface area contributed by atoms with E-state index in [4.69, 9.17) is 11.6 Å². The van der Waals surface area contributed by atoms with Crippen molar-refractivity contribution in [3.63, 3.8) is 0 Å². The normalized spacial score (nSPS) is 16.5. The summed E-state index contributed by atoms with van der Waals surface area (Å²) >= 11 is 9.63. The first kappa shape index (κ1) is 23.2. The number of hydrogen-bond acceptors (Lipinski definition) is 7. The summed E-state index contributed by atoms with van der Waals surface area (Å²) in [6, 6.07) is 8.46. The third-order valence-corrected chi connectivity index (χ3v) is 8.22. The van der Waals surface area contributed by atoms with Crippen molar-refractivity contribution < 1.29 is 8.42 Å². The topological polar surface area (TPSA) is 105 Å². The smallest absolute Gasteiger partial charge is 0.280 e. The van der Waals surface area contributed by atoms with Crippen molar-refractivity contribution in [3.8, 4) is 0 Å². The maximum atomic E-state index is 13.1. The first-order chi connectivity index (χ1) is 15.3. The lowest BCUT2D eigenvalue weighted by Crippen LogP contribution is -2.30. The van der Waals surface area contributed by atoms with E-state index < -0.39 is 9.84 Å². The molecule has 2 heterocycles. The first-order valence-corrected chi connectivity index (χ1v) is 13.0. The molecule has 0 amide bonds. The number of nitrogens with zero attached hydrogens (tertiary/aromatic N) is 2. The van der Waals surface area contributed by atoms with Crippen LogP contribution in [-0.2, 0) is 16.4 Å². The van der Waals surface area contributed by atoms with Gasteiger partial charge in [-0.2, -0.15) is 0 Å². The van der Waals surface area contributed by atoms with Gasteiger partial charge < -0.3 is 10.6 Å². The maximum Gasteiger partial charge on any atom is 0.280 e. The van der Waals surface area contributed by atoms with Gasteiger partial charge >= 0.3 is 0 Å². The van der Waals surface area contributed by atoms with Crippen molar-refractivity contribution in [2.24, 2.45) is 0 Å². The van der Waals surface area contributed by atoms with E-state index in [0.29, 0.717) is 28.5 Å². The van der Waals surface area contributed by atoms with Gasteiger partial charge in [0.05, 0.1) is 27.2 Å². The number of aromatic nitrogens is 2. The molecule has 3 N–H and O–H groups in total. The molecular weight excluding hydrogens is 518 g/mol. The van der Waals surface area contributed by atoms with E-state index in [2.05, 4.69) is 37.0 Å². The summed E-state index contributed by atoms with van der Waals surface area (Å²) in [6.07, 6.45) is 2.43. The summed E-state index contributed by atoms with van der Waals surface area (Å²) in [5.74, 6) is -0.0745. The molecule has 1 aliphatic heterocycles. The molecule has 170 valence electrons. The third-order valence-electron chi connectivity index (χ3n) is 5.47. The van der Waals surface area contributed by atoms with E-state index in [0.717, 1.165) is 34.2 Å². The van der Waals surface area contributed by atoms with Gasteiger partial charge in [0.25, 0.3) is 5.56 Å². The Morgan fingerprint density at radius 2 is 2.12 bits per heavy atom. The number of fused-ring (bicyclic) bond motifs is 1. The molecule has 32 heavy (non-hydrogen) atoms. The third kappa shape index (κ3) is 4.84. The molecule has 0 saturated carbocycles. The van der Waals surface area contributed by atoms with Crippen molar-refractivity contribution in [2.75, 3.05) is 24.3 Å². The highest BCUT2D eigenvalue weighted by Crippen LogP contribution is 2.27. The molecule has 2 aromatic carbocycles. The van der Waals surface area contributed by atoms with Crippen molar-refractivity contribution in [1.82, 2.24) is 20.3 Å². The Balaban J connectivity index is 1.67. The Kier molecular flexibility index (Phi) is 6.87. The fraction of sp³-hybridized carbons (Fsp3) is 0.333. The fourth-order valence-corrected chi connectivity index (χ4v) is 5.31. The van der Waals surface area contributed by atoms with Crippen LogP contribution in [0.15, 0.2) is 50.8 Å². The van der Waals surface area contributed by atoms with Gasteiger partial charge in [-0.15, -0.1) is 0 Å². The summed E-state index contributed by atoms with van der Waals surface area (Å²) in [6.45, 7) is 4.18. The standard InChI is InChI=1S/C21H23BrClN5O3S/c1-2-32(30,31)20-4-3-14(23)8-19(20)27-28-12-26-18-7-13(10-25-15-5-6-24-11-15)17(22)9-16(18)21(28)29/h3-4,7-9,12,15,24-25,27H,2,5-6,10-11H2,1H3/t15-/m1/s1. The van der Waals surface area contributed by atoms with Crippen LogP contribution in [0.25, 0.3) is 10.9 Å².